The lowest BCUT2D eigenvalue weighted by Gasteiger charge is -2.11. The van der Waals surface area contributed by atoms with Gasteiger partial charge in [0.2, 0.25) is 0 Å². The zero-order chi connectivity index (χ0) is 22.5. The average Bonchev–Trinajstić information content (AvgIpc) is 2.93. The Morgan fingerprint density at radius 1 is 0.412 bits per heavy atom. The van der Waals surface area contributed by atoms with Crippen molar-refractivity contribution < 1.29 is 0 Å². The zero-order valence-corrected chi connectivity index (χ0v) is 18.3. The van der Waals surface area contributed by atoms with Gasteiger partial charge in [0.15, 0.2) is 0 Å². The molecule has 3 aromatic heterocycles. The van der Waals surface area contributed by atoms with Crippen LogP contribution in [-0.4, -0.2) is 15.0 Å². The molecule has 0 atom stereocenters. The van der Waals surface area contributed by atoms with Crippen LogP contribution in [0.2, 0.25) is 0 Å². The van der Waals surface area contributed by atoms with Crippen LogP contribution in [0.5, 0.6) is 0 Å². The minimum atomic E-state index is 0.969. The summed E-state index contributed by atoms with van der Waals surface area (Å²) in [5.41, 5.74) is 6.22. The van der Waals surface area contributed by atoms with E-state index in [1.54, 1.807) is 0 Å². The fourth-order valence-electron chi connectivity index (χ4n) is 4.87. The molecule has 34 heavy (non-hydrogen) atoms. The summed E-state index contributed by atoms with van der Waals surface area (Å²) in [4.78, 5) is 14.3. The summed E-state index contributed by atoms with van der Waals surface area (Å²) in [6, 6.07) is 35.9. The molecule has 158 valence electrons. The van der Waals surface area contributed by atoms with E-state index in [0.717, 1.165) is 55.1 Å². The maximum Gasteiger partial charge on any atom is 0.0795 e. The molecule has 0 saturated heterocycles. The van der Waals surface area contributed by atoms with Crippen LogP contribution in [0, 0.1) is 0 Å². The number of hydrogen-bond acceptors (Lipinski definition) is 3. The van der Waals surface area contributed by atoms with E-state index < -0.39 is 0 Å². The molecule has 0 fully saturated rings. The van der Waals surface area contributed by atoms with Crippen molar-refractivity contribution in [2.24, 2.45) is 0 Å². The van der Waals surface area contributed by atoms with Gasteiger partial charge in [0.25, 0.3) is 0 Å². The van der Waals surface area contributed by atoms with E-state index in [1.807, 2.05) is 36.7 Å². The summed E-state index contributed by atoms with van der Waals surface area (Å²) in [5.74, 6) is 0. The van der Waals surface area contributed by atoms with Crippen molar-refractivity contribution in [1.82, 2.24) is 15.0 Å². The third-order valence-electron chi connectivity index (χ3n) is 6.53. The number of rotatable bonds is 2. The molecule has 0 N–H and O–H groups in total. The molecule has 0 radical (unpaired) electrons. The molecule has 0 spiro atoms. The summed E-state index contributed by atoms with van der Waals surface area (Å²) in [5, 5.41) is 6.91. The number of fused-ring (bicyclic) bond motifs is 7. The van der Waals surface area contributed by atoms with Crippen LogP contribution in [0.1, 0.15) is 0 Å². The van der Waals surface area contributed by atoms with Crippen molar-refractivity contribution in [3.05, 3.63) is 116 Å². The van der Waals surface area contributed by atoms with Crippen LogP contribution in [-0.2, 0) is 0 Å². The van der Waals surface area contributed by atoms with Gasteiger partial charge in [-0.25, -0.2) is 4.98 Å². The Balaban J connectivity index is 1.41. The number of hydrogen-bond donors (Lipinski definition) is 0. The fraction of sp³-hybridized carbons (Fsp3) is 0. The summed E-state index contributed by atoms with van der Waals surface area (Å²) in [6.07, 6.45) is 3.69. The Labute approximate surface area is 196 Å². The summed E-state index contributed by atoms with van der Waals surface area (Å²) >= 11 is 0. The van der Waals surface area contributed by atoms with Gasteiger partial charge in [0.05, 0.1) is 22.4 Å². The monoisotopic (exact) mass is 433 g/mol. The number of pyridine rings is 3. The average molecular weight is 434 g/mol. The highest BCUT2D eigenvalue weighted by atomic mass is 14.7. The quantitative estimate of drug-likeness (QED) is 0.261. The van der Waals surface area contributed by atoms with Crippen LogP contribution in [0.4, 0.5) is 0 Å². The lowest BCUT2D eigenvalue weighted by atomic mass is 9.98. The standard InChI is InChI=1S/C31H19N3/c1-2-7-26-24(6-1)30-25(8-5-17-33-30)27-14-15-29(34-31(26)27)23-13-11-20-18-22(12-10-21(20)19-23)28-9-3-4-16-32-28/h1-19H. The van der Waals surface area contributed by atoms with Crippen molar-refractivity contribution in [1.29, 1.82) is 0 Å². The molecule has 0 aliphatic heterocycles. The Hall–Kier alpha value is -4.63. The maximum absolute atomic E-state index is 5.16. The highest BCUT2D eigenvalue weighted by molar-refractivity contribution is 6.23. The predicted molar refractivity (Wildman–Crippen MR) is 141 cm³/mol. The molecule has 3 heterocycles. The van der Waals surface area contributed by atoms with Crippen LogP contribution in [0.15, 0.2) is 116 Å². The van der Waals surface area contributed by atoms with Gasteiger partial charge < -0.3 is 0 Å². The van der Waals surface area contributed by atoms with Crippen molar-refractivity contribution in [3.63, 3.8) is 0 Å². The summed E-state index contributed by atoms with van der Waals surface area (Å²) < 4.78 is 0. The minimum absolute atomic E-state index is 0.969. The first kappa shape index (κ1) is 18.9. The number of nitrogens with zero attached hydrogens (tertiary/aromatic N) is 3. The van der Waals surface area contributed by atoms with E-state index in [-0.39, 0.29) is 0 Å². The predicted octanol–water partition coefficient (Wildman–Crippen LogP) is 7.82. The largest absolute Gasteiger partial charge is 0.256 e. The van der Waals surface area contributed by atoms with Gasteiger partial charge in [-0.2, -0.15) is 0 Å². The molecule has 7 aromatic rings. The lowest BCUT2D eigenvalue weighted by molar-refractivity contribution is 1.33. The minimum Gasteiger partial charge on any atom is -0.256 e. The second kappa shape index (κ2) is 7.46. The van der Waals surface area contributed by atoms with Crippen molar-refractivity contribution in [2.45, 2.75) is 0 Å². The molecule has 0 saturated carbocycles. The van der Waals surface area contributed by atoms with Gasteiger partial charge in [-0.3, -0.25) is 9.97 Å². The van der Waals surface area contributed by atoms with Crippen molar-refractivity contribution in [2.75, 3.05) is 0 Å². The highest BCUT2D eigenvalue weighted by Crippen LogP contribution is 2.35. The smallest absolute Gasteiger partial charge is 0.0795 e. The third-order valence-corrected chi connectivity index (χ3v) is 6.53. The van der Waals surface area contributed by atoms with E-state index in [1.165, 1.54) is 10.8 Å². The normalized spacial score (nSPS) is 11.5. The van der Waals surface area contributed by atoms with Gasteiger partial charge in [-0.05, 0) is 53.2 Å². The van der Waals surface area contributed by atoms with Crippen molar-refractivity contribution >= 4 is 43.4 Å². The van der Waals surface area contributed by atoms with Gasteiger partial charge >= 0.3 is 0 Å². The highest BCUT2D eigenvalue weighted by Gasteiger charge is 2.12. The lowest BCUT2D eigenvalue weighted by Crippen LogP contribution is -1.90. The molecular weight excluding hydrogens is 414 g/mol. The van der Waals surface area contributed by atoms with Crippen LogP contribution >= 0.6 is 0 Å². The molecule has 0 aliphatic carbocycles. The maximum atomic E-state index is 5.16. The van der Waals surface area contributed by atoms with E-state index in [2.05, 4.69) is 88.8 Å². The van der Waals surface area contributed by atoms with Gasteiger partial charge in [-0.15, -0.1) is 0 Å². The Morgan fingerprint density at radius 2 is 1.03 bits per heavy atom. The van der Waals surface area contributed by atoms with Crippen LogP contribution in [0.3, 0.4) is 0 Å². The summed E-state index contributed by atoms with van der Waals surface area (Å²) in [7, 11) is 0. The molecule has 0 bridgehead atoms. The molecule has 7 rings (SSSR count). The topological polar surface area (TPSA) is 38.7 Å². The molecule has 0 amide bonds. The van der Waals surface area contributed by atoms with Crippen LogP contribution in [0.25, 0.3) is 65.9 Å². The van der Waals surface area contributed by atoms with Gasteiger partial charge in [-0.1, -0.05) is 60.7 Å². The first-order valence-electron chi connectivity index (χ1n) is 11.4. The zero-order valence-electron chi connectivity index (χ0n) is 18.3. The second-order valence-electron chi connectivity index (χ2n) is 8.53. The third kappa shape index (κ3) is 2.95. The molecule has 0 unspecified atom stereocenters. The first-order chi connectivity index (χ1) is 16.8. The molecule has 4 aromatic carbocycles. The van der Waals surface area contributed by atoms with E-state index >= 15 is 0 Å². The number of aromatic nitrogens is 3. The van der Waals surface area contributed by atoms with Gasteiger partial charge in [0.1, 0.15) is 0 Å². The van der Waals surface area contributed by atoms with Gasteiger partial charge in [0, 0.05) is 45.1 Å². The van der Waals surface area contributed by atoms with E-state index in [4.69, 9.17) is 4.98 Å². The van der Waals surface area contributed by atoms with E-state index in [9.17, 15) is 0 Å². The molecule has 0 aliphatic rings. The summed E-state index contributed by atoms with van der Waals surface area (Å²) in [6.45, 7) is 0. The first-order valence-corrected chi connectivity index (χ1v) is 11.4. The SMILES string of the molecule is c1ccc(-c2ccc3cc(-c4ccc5c6cccnc6c6ccccc6c5n4)ccc3c2)nc1. The second-order valence-corrected chi connectivity index (χ2v) is 8.53. The van der Waals surface area contributed by atoms with E-state index in [0.29, 0.717) is 0 Å². The van der Waals surface area contributed by atoms with Crippen LogP contribution < -0.4 is 0 Å². The Kier molecular flexibility index (Phi) is 4.15. The number of benzene rings is 4. The molecular formula is C31H19N3. The fourth-order valence-corrected chi connectivity index (χ4v) is 4.87. The molecule has 3 heteroatoms. The van der Waals surface area contributed by atoms with Crippen molar-refractivity contribution in [3.8, 4) is 22.5 Å². The Morgan fingerprint density at radius 3 is 1.76 bits per heavy atom. The molecule has 3 nitrogen and oxygen atoms in total. The Bertz CT molecular complexity index is 1820.